The molecule has 0 fully saturated rings. The third-order valence-corrected chi connectivity index (χ3v) is 3.89. The van der Waals surface area contributed by atoms with E-state index in [4.69, 9.17) is 0 Å². The second kappa shape index (κ2) is 19.1. The third-order valence-electron chi connectivity index (χ3n) is 3.89. The average molecular weight is 291 g/mol. The highest BCUT2D eigenvalue weighted by Crippen LogP contribution is 2.12. The Morgan fingerprint density at radius 1 is 0.667 bits per heavy atom. The monoisotopic (exact) mass is 291 g/mol. The van der Waals surface area contributed by atoms with E-state index in [0.29, 0.717) is 0 Å². The van der Waals surface area contributed by atoms with Crippen LogP contribution in [0.4, 0.5) is 0 Å². The number of hydrogen-bond donors (Lipinski definition) is 0. The first-order valence-corrected chi connectivity index (χ1v) is 9.11. The van der Waals surface area contributed by atoms with Crippen molar-refractivity contribution in [3.05, 3.63) is 24.3 Å². The number of allylic oxidation sites excluding steroid dienone is 4. The van der Waals surface area contributed by atoms with Crippen LogP contribution in [0.15, 0.2) is 24.3 Å². The highest BCUT2D eigenvalue weighted by Gasteiger charge is 1.93. The Bertz CT molecular complexity index is 253. The van der Waals surface area contributed by atoms with E-state index in [1.165, 1.54) is 89.5 Å². The summed E-state index contributed by atoms with van der Waals surface area (Å²) in [5.74, 6) is 0. The van der Waals surface area contributed by atoms with E-state index in [1.54, 1.807) is 12.4 Å². The zero-order valence-corrected chi connectivity index (χ0v) is 14.1. The molecule has 0 aliphatic carbocycles. The van der Waals surface area contributed by atoms with Crippen molar-refractivity contribution in [3.8, 4) is 0 Å². The van der Waals surface area contributed by atoms with Crippen molar-refractivity contribution in [2.24, 2.45) is 0 Å². The molecule has 0 aromatic heterocycles. The van der Waals surface area contributed by atoms with Gasteiger partial charge in [0.25, 0.3) is 0 Å². The van der Waals surface area contributed by atoms with Gasteiger partial charge in [0.1, 0.15) is 0 Å². The van der Waals surface area contributed by atoms with Gasteiger partial charge in [-0.15, -0.1) is 0 Å². The summed E-state index contributed by atoms with van der Waals surface area (Å²) < 4.78 is 0. The van der Waals surface area contributed by atoms with Crippen LogP contribution in [0, 0.1) is 0 Å². The van der Waals surface area contributed by atoms with Crippen LogP contribution in [-0.2, 0) is 4.79 Å². The van der Waals surface area contributed by atoms with Gasteiger partial charge in [-0.25, -0.2) is 0 Å². The van der Waals surface area contributed by atoms with Crippen LogP contribution < -0.4 is 0 Å². The van der Waals surface area contributed by atoms with Crippen molar-refractivity contribution >= 4 is 6.29 Å². The molecular weight excluding hydrogens is 256 g/mol. The largest absolute Gasteiger partial charge is 0.286 e. The quantitative estimate of drug-likeness (QED) is 0.176. The molecule has 1 radical (unpaired) electrons. The molecule has 0 heterocycles. The summed E-state index contributed by atoms with van der Waals surface area (Å²) in [5.41, 5.74) is 0. The predicted molar refractivity (Wildman–Crippen MR) is 94.3 cm³/mol. The van der Waals surface area contributed by atoms with Crippen molar-refractivity contribution < 1.29 is 4.79 Å². The lowest BCUT2D eigenvalue weighted by molar-refractivity contribution is 0.540. The summed E-state index contributed by atoms with van der Waals surface area (Å²) in [6, 6.07) is 0. The van der Waals surface area contributed by atoms with Crippen molar-refractivity contribution in [2.75, 3.05) is 0 Å². The topological polar surface area (TPSA) is 17.1 Å². The summed E-state index contributed by atoms with van der Waals surface area (Å²) >= 11 is 0. The van der Waals surface area contributed by atoms with Crippen LogP contribution >= 0.6 is 0 Å². The van der Waals surface area contributed by atoms with Gasteiger partial charge < -0.3 is 0 Å². The van der Waals surface area contributed by atoms with E-state index in [2.05, 4.69) is 13.0 Å². The Morgan fingerprint density at radius 2 is 1.14 bits per heavy atom. The van der Waals surface area contributed by atoms with Crippen molar-refractivity contribution in [1.29, 1.82) is 0 Å². The lowest BCUT2D eigenvalue weighted by Crippen LogP contribution is -1.82. The van der Waals surface area contributed by atoms with Crippen LogP contribution in [0.25, 0.3) is 0 Å². The number of unbranched alkanes of at least 4 members (excludes halogenated alkanes) is 13. The molecule has 1 nitrogen and oxygen atoms in total. The Hall–Kier alpha value is -0.850. The Kier molecular flexibility index (Phi) is 18.4. The van der Waals surface area contributed by atoms with E-state index in [-0.39, 0.29) is 0 Å². The normalized spacial score (nSPS) is 11.7. The van der Waals surface area contributed by atoms with Crippen molar-refractivity contribution in [2.45, 2.75) is 96.8 Å². The van der Waals surface area contributed by atoms with Gasteiger partial charge >= 0.3 is 0 Å². The van der Waals surface area contributed by atoms with Gasteiger partial charge in [-0.3, -0.25) is 4.79 Å². The standard InChI is InChI=1S/C20H35O/c1-2-3-4-5-6-7-8-9-10-11-12-13-14-15-16-17-18-19-20-21/h16-19H,2-15H2,1H3/b17-16+,19-18+. The maximum atomic E-state index is 9.92. The molecule has 0 aliphatic heterocycles. The zero-order valence-electron chi connectivity index (χ0n) is 14.1. The maximum absolute atomic E-state index is 9.92. The second-order valence-electron chi connectivity index (χ2n) is 5.94. The number of hydrogen-bond acceptors (Lipinski definition) is 1. The minimum atomic E-state index is 1.13. The first-order valence-electron chi connectivity index (χ1n) is 9.11. The minimum absolute atomic E-state index is 1.13. The molecule has 0 saturated heterocycles. The van der Waals surface area contributed by atoms with Gasteiger partial charge in [-0.2, -0.15) is 0 Å². The Balaban J connectivity index is 3.04. The molecule has 0 amide bonds. The smallest absolute Gasteiger partial charge is 0.225 e. The summed E-state index contributed by atoms with van der Waals surface area (Å²) in [6.45, 7) is 2.28. The lowest BCUT2D eigenvalue weighted by atomic mass is 10.0. The summed E-state index contributed by atoms with van der Waals surface area (Å²) in [5, 5.41) is 0. The fourth-order valence-corrected chi connectivity index (χ4v) is 2.55. The van der Waals surface area contributed by atoms with Crippen molar-refractivity contribution in [3.63, 3.8) is 0 Å². The van der Waals surface area contributed by atoms with E-state index in [0.717, 1.165) is 6.42 Å². The molecule has 0 atom stereocenters. The lowest BCUT2D eigenvalue weighted by Gasteiger charge is -2.02. The average Bonchev–Trinajstić information content (AvgIpc) is 2.50. The fraction of sp³-hybridized carbons (Fsp3) is 0.750. The molecule has 21 heavy (non-hydrogen) atoms. The molecule has 0 aromatic carbocycles. The zero-order chi connectivity index (χ0) is 15.4. The van der Waals surface area contributed by atoms with Crippen molar-refractivity contribution in [1.82, 2.24) is 0 Å². The summed E-state index contributed by atoms with van der Waals surface area (Å²) in [7, 11) is 0. The number of rotatable bonds is 16. The molecule has 0 rings (SSSR count). The molecule has 0 bridgehead atoms. The summed E-state index contributed by atoms with van der Waals surface area (Å²) in [4.78, 5) is 9.92. The molecule has 0 N–H and O–H groups in total. The Labute approximate surface area is 132 Å². The number of carbonyl (C=O) groups excluding carboxylic acids is 1. The van der Waals surface area contributed by atoms with E-state index >= 15 is 0 Å². The molecule has 121 valence electrons. The third kappa shape index (κ3) is 19.1. The van der Waals surface area contributed by atoms with Gasteiger partial charge in [0.15, 0.2) is 0 Å². The Morgan fingerprint density at radius 3 is 1.62 bits per heavy atom. The van der Waals surface area contributed by atoms with E-state index in [9.17, 15) is 4.79 Å². The van der Waals surface area contributed by atoms with E-state index in [1.807, 2.05) is 6.08 Å². The van der Waals surface area contributed by atoms with Crippen LogP contribution in [0.3, 0.4) is 0 Å². The molecule has 0 spiro atoms. The highest BCUT2D eigenvalue weighted by molar-refractivity contribution is 5.66. The minimum Gasteiger partial charge on any atom is -0.286 e. The fourth-order valence-electron chi connectivity index (χ4n) is 2.55. The molecular formula is C20H35O. The summed E-state index contributed by atoms with van der Waals surface area (Å²) in [6.07, 6.45) is 28.3. The van der Waals surface area contributed by atoms with Gasteiger partial charge in [-0.1, -0.05) is 102 Å². The first-order chi connectivity index (χ1) is 10.4. The maximum Gasteiger partial charge on any atom is 0.225 e. The van der Waals surface area contributed by atoms with Gasteiger partial charge in [-0.05, 0) is 18.9 Å². The second-order valence-corrected chi connectivity index (χ2v) is 5.94. The van der Waals surface area contributed by atoms with Gasteiger partial charge in [0.2, 0.25) is 6.29 Å². The van der Waals surface area contributed by atoms with Crippen LogP contribution in [0.1, 0.15) is 96.8 Å². The highest BCUT2D eigenvalue weighted by atomic mass is 16.1. The van der Waals surface area contributed by atoms with E-state index < -0.39 is 0 Å². The molecule has 0 unspecified atom stereocenters. The van der Waals surface area contributed by atoms with Crippen LogP contribution in [-0.4, -0.2) is 6.29 Å². The van der Waals surface area contributed by atoms with Gasteiger partial charge in [0.05, 0.1) is 0 Å². The molecule has 1 heteroatoms. The molecule has 0 aromatic rings. The predicted octanol–water partition coefficient (Wildman–Crippen LogP) is 6.69. The SMILES string of the molecule is CCCCCCCCCCCCCCC/C=C/C=C/[C]=O. The molecule has 0 saturated carbocycles. The molecule has 0 aliphatic rings. The van der Waals surface area contributed by atoms with Gasteiger partial charge in [0, 0.05) is 0 Å². The van der Waals surface area contributed by atoms with Crippen LogP contribution in [0.2, 0.25) is 0 Å². The first kappa shape index (κ1) is 20.1. The van der Waals surface area contributed by atoms with Crippen LogP contribution in [0.5, 0.6) is 0 Å².